The van der Waals surface area contributed by atoms with Gasteiger partial charge in [-0.2, -0.15) is 0 Å². The van der Waals surface area contributed by atoms with Gasteiger partial charge in [-0.15, -0.1) is 0 Å². The number of carboxylic acid groups (broad SMARTS) is 1. The second-order valence-electron chi connectivity index (χ2n) is 7.85. The fourth-order valence-electron chi connectivity index (χ4n) is 3.79. The molecule has 0 aliphatic carbocycles. The number of fused-ring (bicyclic) bond motifs is 1. The number of ether oxygens (including phenoxy) is 2. The van der Waals surface area contributed by atoms with E-state index >= 15 is 0 Å². The summed E-state index contributed by atoms with van der Waals surface area (Å²) in [5, 5.41) is 8.83. The first-order valence-corrected chi connectivity index (χ1v) is 9.27. The van der Waals surface area contributed by atoms with Crippen molar-refractivity contribution in [2.75, 3.05) is 19.7 Å². The fourth-order valence-corrected chi connectivity index (χ4v) is 3.79. The maximum Gasteiger partial charge on any atom is 0.303 e. The maximum atomic E-state index is 12.5. The van der Waals surface area contributed by atoms with Crippen LogP contribution >= 0.6 is 0 Å². The number of amides is 1. The monoisotopic (exact) mass is 361 g/mol. The number of likely N-dealkylation sites (tertiary alicyclic amines) is 1. The lowest BCUT2D eigenvalue weighted by Gasteiger charge is -2.32. The van der Waals surface area contributed by atoms with Crippen molar-refractivity contribution in [3.05, 3.63) is 23.8 Å². The number of para-hydroxylation sites is 1. The van der Waals surface area contributed by atoms with Crippen LogP contribution in [0.3, 0.4) is 0 Å². The van der Waals surface area contributed by atoms with Crippen molar-refractivity contribution in [2.45, 2.75) is 51.6 Å². The predicted molar refractivity (Wildman–Crippen MR) is 96.5 cm³/mol. The quantitative estimate of drug-likeness (QED) is 0.843. The van der Waals surface area contributed by atoms with Crippen LogP contribution in [0.1, 0.15) is 45.1 Å². The Morgan fingerprint density at radius 2 is 2.19 bits per heavy atom. The van der Waals surface area contributed by atoms with Crippen LogP contribution in [0.25, 0.3) is 0 Å². The zero-order chi connectivity index (χ0) is 18.7. The maximum absolute atomic E-state index is 12.5. The van der Waals surface area contributed by atoms with Gasteiger partial charge in [0.25, 0.3) is 5.91 Å². The number of carbonyl (C=O) groups is 2. The number of carbonyl (C=O) groups excluding carboxylic acids is 1. The highest BCUT2D eigenvalue weighted by molar-refractivity contribution is 5.78. The van der Waals surface area contributed by atoms with Crippen molar-refractivity contribution in [3.8, 4) is 11.5 Å². The van der Waals surface area contributed by atoms with Crippen LogP contribution < -0.4 is 9.47 Å². The van der Waals surface area contributed by atoms with Crippen LogP contribution in [-0.4, -0.2) is 47.2 Å². The molecule has 0 aromatic heterocycles. The minimum absolute atomic E-state index is 0.0219. The topological polar surface area (TPSA) is 76.1 Å². The molecule has 1 unspecified atom stereocenters. The summed E-state index contributed by atoms with van der Waals surface area (Å²) in [7, 11) is 0. The molecular formula is C20H27NO5. The minimum atomic E-state index is -0.780. The SMILES string of the molecule is CC1(C)Cc2cccc(OCC(=O)N3CCCC(CCC(=O)O)C3)c2O1. The average molecular weight is 361 g/mol. The summed E-state index contributed by atoms with van der Waals surface area (Å²) in [6, 6.07) is 5.78. The lowest BCUT2D eigenvalue weighted by Crippen LogP contribution is -2.42. The van der Waals surface area contributed by atoms with Crippen molar-refractivity contribution < 1.29 is 24.2 Å². The molecule has 26 heavy (non-hydrogen) atoms. The highest BCUT2D eigenvalue weighted by Crippen LogP contribution is 2.41. The highest BCUT2D eigenvalue weighted by Gasteiger charge is 2.32. The van der Waals surface area contributed by atoms with Gasteiger partial charge in [-0.3, -0.25) is 9.59 Å². The molecule has 1 amide bonds. The van der Waals surface area contributed by atoms with Gasteiger partial charge in [-0.1, -0.05) is 12.1 Å². The number of hydrogen-bond donors (Lipinski definition) is 1. The first-order chi connectivity index (χ1) is 12.3. The second-order valence-corrected chi connectivity index (χ2v) is 7.85. The second kappa shape index (κ2) is 7.56. The lowest BCUT2D eigenvalue weighted by atomic mass is 9.93. The van der Waals surface area contributed by atoms with Gasteiger partial charge in [-0.25, -0.2) is 0 Å². The Morgan fingerprint density at radius 1 is 1.38 bits per heavy atom. The summed E-state index contributed by atoms with van der Waals surface area (Å²) < 4.78 is 11.7. The molecule has 1 fully saturated rings. The van der Waals surface area contributed by atoms with Gasteiger partial charge in [0.15, 0.2) is 18.1 Å². The standard InChI is InChI=1S/C20H27NO5/c1-20(2)11-15-6-3-7-16(19(15)26-20)25-13-17(22)21-10-4-5-14(12-21)8-9-18(23)24/h3,6-7,14H,4-5,8-13H2,1-2H3,(H,23,24). The molecule has 0 saturated carbocycles. The molecule has 6 heteroatoms. The van der Waals surface area contributed by atoms with Gasteiger partial charge < -0.3 is 19.5 Å². The van der Waals surface area contributed by atoms with Crippen molar-refractivity contribution >= 4 is 11.9 Å². The van der Waals surface area contributed by atoms with Gasteiger partial charge in [-0.05, 0) is 45.1 Å². The summed E-state index contributed by atoms with van der Waals surface area (Å²) in [6.07, 6.45) is 3.49. The summed E-state index contributed by atoms with van der Waals surface area (Å²) >= 11 is 0. The molecule has 1 aromatic rings. The van der Waals surface area contributed by atoms with Gasteiger partial charge in [0.05, 0.1) is 0 Å². The van der Waals surface area contributed by atoms with E-state index < -0.39 is 5.97 Å². The Labute approximate surface area is 154 Å². The summed E-state index contributed by atoms with van der Waals surface area (Å²) in [5.41, 5.74) is 0.849. The average Bonchev–Trinajstić information content (AvgIpc) is 2.92. The van der Waals surface area contributed by atoms with E-state index in [0.29, 0.717) is 25.3 Å². The van der Waals surface area contributed by atoms with Gasteiger partial charge in [0.1, 0.15) is 5.60 Å². The van der Waals surface area contributed by atoms with E-state index in [1.807, 2.05) is 32.0 Å². The van der Waals surface area contributed by atoms with Crippen molar-refractivity contribution in [1.82, 2.24) is 4.90 Å². The molecule has 3 rings (SSSR count). The van der Waals surface area contributed by atoms with E-state index in [1.165, 1.54) is 0 Å². The molecule has 1 saturated heterocycles. The number of rotatable bonds is 6. The zero-order valence-electron chi connectivity index (χ0n) is 15.5. The molecular weight excluding hydrogens is 334 g/mol. The van der Waals surface area contributed by atoms with Crippen molar-refractivity contribution in [2.24, 2.45) is 5.92 Å². The largest absolute Gasteiger partial charge is 0.483 e. The smallest absolute Gasteiger partial charge is 0.303 e. The van der Waals surface area contributed by atoms with Crippen LogP contribution in [0.4, 0.5) is 0 Å². The first kappa shape index (κ1) is 18.5. The van der Waals surface area contributed by atoms with E-state index in [0.717, 1.165) is 30.6 Å². The summed E-state index contributed by atoms with van der Waals surface area (Å²) in [5.74, 6) is 0.774. The third-order valence-corrected chi connectivity index (χ3v) is 5.04. The van der Waals surface area contributed by atoms with Gasteiger partial charge in [0, 0.05) is 31.5 Å². The van der Waals surface area contributed by atoms with Crippen LogP contribution in [-0.2, 0) is 16.0 Å². The number of piperidine rings is 1. The Hall–Kier alpha value is -2.24. The number of carboxylic acids is 1. The fraction of sp³-hybridized carbons (Fsp3) is 0.600. The molecule has 2 aliphatic heterocycles. The molecule has 1 aromatic carbocycles. The van der Waals surface area contributed by atoms with Crippen LogP contribution in [0.5, 0.6) is 11.5 Å². The van der Waals surface area contributed by atoms with E-state index in [2.05, 4.69) is 0 Å². The predicted octanol–water partition coefficient (Wildman–Crippen LogP) is 2.88. The minimum Gasteiger partial charge on any atom is -0.483 e. The third kappa shape index (κ3) is 4.48. The van der Waals surface area contributed by atoms with Crippen LogP contribution in [0.15, 0.2) is 18.2 Å². The molecule has 1 atom stereocenters. The number of aliphatic carboxylic acids is 1. The number of hydrogen-bond acceptors (Lipinski definition) is 4. The van der Waals surface area contributed by atoms with Gasteiger partial charge in [0.2, 0.25) is 0 Å². The van der Waals surface area contributed by atoms with Gasteiger partial charge >= 0.3 is 5.97 Å². The Morgan fingerprint density at radius 3 is 2.96 bits per heavy atom. The normalized spacial score (nSPS) is 21.0. The molecule has 1 N–H and O–H groups in total. The Kier molecular flexibility index (Phi) is 5.39. The molecule has 0 spiro atoms. The van der Waals surface area contributed by atoms with E-state index in [-0.39, 0.29) is 30.5 Å². The van der Waals surface area contributed by atoms with Crippen LogP contribution in [0, 0.1) is 5.92 Å². The number of nitrogens with zero attached hydrogens (tertiary/aromatic N) is 1. The molecule has 2 heterocycles. The zero-order valence-corrected chi connectivity index (χ0v) is 15.5. The molecule has 2 aliphatic rings. The molecule has 0 radical (unpaired) electrons. The molecule has 0 bridgehead atoms. The third-order valence-electron chi connectivity index (χ3n) is 5.04. The Balaban J connectivity index is 1.55. The van der Waals surface area contributed by atoms with Crippen molar-refractivity contribution in [1.29, 1.82) is 0 Å². The van der Waals surface area contributed by atoms with E-state index in [1.54, 1.807) is 4.90 Å². The first-order valence-electron chi connectivity index (χ1n) is 9.27. The Bertz CT molecular complexity index is 685. The number of benzene rings is 1. The molecule has 6 nitrogen and oxygen atoms in total. The lowest BCUT2D eigenvalue weighted by molar-refractivity contribution is -0.137. The van der Waals surface area contributed by atoms with Crippen molar-refractivity contribution in [3.63, 3.8) is 0 Å². The summed E-state index contributed by atoms with van der Waals surface area (Å²) in [4.78, 5) is 25.1. The van der Waals surface area contributed by atoms with Crippen LogP contribution in [0.2, 0.25) is 0 Å². The van der Waals surface area contributed by atoms with E-state index in [9.17, 15) is 9.59 Å². The van der Waals surface area contributed by atoms with E-state index in [4.69, 9.17) is 14.6 Å². The highest BCUT2D eigenvalue weighted by atomic mass is 16.5. The molecule has 142 valence electrons. The summed E-state index contributed by atoms with van der Waals surface area (Å²) in [6.45, 7) is 5.37.